The first kappa shape index (κ1) is 19.0. The third-order valence-electron chi connectivity index (χ3n) is 5.67. The summed E-state index contributed by atoms with van der Waals surface area (Å²) in [7, 11) is 0. The molecule has 1 saturated carbocycles. The lowest BCUT2D eigenvalue weighted by Gasteiger charge is -2.15. The van der Waals surface area contributed by atoms with Gasteiger partial charge in [-0.2, -0.15) is 0 Å². The molecule has 29 heavy (non-hydrogen) atoms. The van der Waals surface area contributed by atoms with Gasteiger partial charge in [-0.1, -0.05) is 48.4 Å². The van der Waals surface area contributed by atoms with Crippen LogP contribution in [-0.4, -0.2) is 22.8 Å². The van der Waals surface area contributed by atoms with Crippen LogP contribution in [0.2, 0.25) is 0 Å². The molecule has 1 aliphatic heterocycles. The second kappa shape index (κ2) is 8.38. The molecule has 5 rings (SSSR count). The van der Waals surface area contributed by atoms with Crippen molar-refractivity contribution in [3.63, 3.8) is 0 Å². The fraction of sp³-hybridized carbons (Fsp3) is 0.435. The molecule has 2 heterocycles. The Balaban J connectivity index is 1.11. The van der Waals surface area contributed by atoms with E-state index >= 15 is 0 Å². The predicted molar refractivity (Wildman–Crippen MR) is 115 cm³/mol. The Hall–Kier alpha value is -2.02. The van der Waals surface area contributed by atoms with Gasteiger partial charge in [0, 0.05) is 36.4 Å². The molecule has 0 spiro atoms. The van der Waals surface area contributed by atoms with Crippen molar-refractivity contribution in [3.05, 3.63) is 75.9 Å². The molecule has 0 unspecified atom stereocenters. The lowest BCUT2D eigenvalue weighted by Crippen LogP contribution is -2.22. The van der Waals surface area contributed by atoms with Gasteiger partial charge in [0.15, 0.2) is 0 Å². The standard InChI is InChI=1S/C23H26N2O3S/c26-22-10-20(13-25-11-17-3-1-2-4-18(17)12-25)27-15-23(22)28-14-16-5-6-19(9-16)24-29-21-7-8-21/h1-6,10,15-16,19,21,24H,7-9,11-14H2/t16-,19+/m0/s1. The highest BCUT2D eigenvalue weighted by Gasteiger charge is 2.25. The summed E-state index contributed by atoms with van der Waals surface area (Å²) in [6, 6.07) is 10.4. The van der Waals surface area contributed by atoms with Gasteiger partial charge in [0.1, 0.15) is 12.0 Å². The summed E-state index contributed by atoms with van der Waals surface area (Å²) in [5, 5.41) is 0.802. The topological polar surface area (TPSA) is 54.7 Å². The molecule has 2 atom stereocenters. The SMILES string of the molecule is O=c1cc(CN2Cc3ccccc3C2)occ1OC[C@H]1C=C[C@@H](NSC2CC2)C1. The maximum Gasteiger partial charge on any atom is 0.227 e. The number of hydrogen-bond acceptors (Lipinski definition) is 6. The summed E-state index contributed by atoms with van der Waals surface area (Å²) in [6.07, 6.45) is 9.54. The third kappa shape index (κ3) is 4.77. The normalized spacial score (nSPS) is 23.4. The van der Waals surface area contributed by atoms with E-state index in [1.54, 1.807) is 6.07 Å². The summed E-state index contributed by atoms with van der Waals surface area (Å²) in [4.78, 5) is 14.7. The van der Waals surface area contributed by atoms with Gasteiger partial charge in [-0.3, -0.25) is 14.4 Å². The van der Waals surface area contributed by atoms with E-state index in [4.69, 9.17) is 9.15 Å². The molecule has 3 aliphatic rings. The number of benzene rings is 1. The summed E-state index contributed by atoms with van der Waals surface area (Å²) in [5.74, 6) is 1.31. The zero-order valence-electron chi connectivity index (χ0n) is 16.4. The Morgan fingerprint density at radius 3 is 2.69 bits per heavy atom. The second-order valence-corrected chi connectivity index (χ2v) is 9.36. The Morgan fingerprint density at radius 2 is 1.97 bits per heavy atom. The monoisotopic (exact) mass is 410 g/mol. The number of hydrogen-bond donors (Lipinski definition) is 1. The Kier molecular flexibility index (Phi) is 5.48. The number of rotatable bonds is 8. The summed E-state index contributed by atoms with van der Waals surface area (Å²) < 4.78 is 15.0. The van der Waals surface area contributed by atoms with E-state index in [-0.39, 0.29) is 5.43 Å². The zero-order chi connectivity index (χ0) is 19.6. The molecule has 1 aromatic carbocycles. The minimum atomic E-state index is -0.107. The van der Waals surface area contributed by atoms with E-state index in [9.17, 15) is 4.79 Å². The van der Waals surface area contributed by atoms with Crippen LogP contribution in [0.4, 0.5) is 0 Å². The molecule has 2 aliphatic carbocycles. The molecule has 152 valence electrons. The van der Waals surface area contributed by atoms with E-state index < -0.39 is 0 Å². The zero-order valence-corrected chi connectivity index (χ0v) is 17.2. The van der Waals surface area contributed by atoms with Crippen LogP contribution in [0.15, 0.2) is 58.0 Å². The minimum absolute atomic E-state index is 0.107. The highest BCUT2D eigenvalue weighted by Crippen LogP contribution is 2.33. The van der Waals surface area contributed by atoms with E-state index in [0.717, 1.165) is 24.8 Å². The van der Waals surface area contributed by atoms with E-state index in [1.807, 2.05) is 11.9 Å². The first-order valence-corrected chi connectivity index (χ1v) is 11.2. The molecular weight excluding hydrogens is 384 g/mol. The number of ether oxygens (including phenoxy) is 1. The largest absolute Gasteiger partial charge is 0.486 e. The first-order chi connectivity index (χ1) is 14.2. The molecule has 2 aromatic rings. The summed E-state index contributed by atoms with van der Waals surface area (Å²) >= 11 is 1.86. The molecule has 6 heteroatoms. The van der Waals surface area contributed by atoms with Crippen LogP contribution < -0.4 is 14.9 Å². The van der Waals surface area contributed by atoms with Crippen molar-refractivity contribution in [2.75, 3.05) is 6.61 Å². The van der Waals surface area contributed by atoms with Crippen molar-refractivity contribution in [1.29, 1.82) is 0 Å². The summed E-state index contributed by atoms with van der Waals surface area (Å²) in [6.45, 7) is 2.91. The van der Waals surface area contributed by atoms with E-state index in [2.05, 4.69) is 46.0 Å². The number of fused-ring (bicyclic) bond motifs is 1. The van der Waals surface area contributed by atoms with E-state index in [0.29, 0.717) is 36.6 Å². The Morgan fingerprint density at radius 1 is 1.17 bits per heavy atom. The lowest BCUT2D eigenvalue weighted by molar-refractivity contribution is 0.236. The average Bonchev–Trinajstić information content (AvgIpc) is 3.29. The fourth-order valence-electron chi connectivity index (χ4n) is 3.91. The number of nitrogens with one attached hydrogen (secondary N) is 1. The predicted octanol–water partition coefficient (Wildman–Crippen LogP) is 3.88. The third-order valence-corrected chi connectivity index (χ3v) is 6.92. The van der Waals surface area contributed by atoms with Crippen molar-refractivity contribution < 1.29 is 9.15 Å². The van der Waals surface area contributed by atoms with Gasteiger partial charge < -0.3 is 9.15 Å². The highest BCUT2D eigenvalue weighted by atomic mass is 32.2. The van der Waals surface area contributed by atoms with Crippen LogP contribution in [0.1, 0.15) is 36.1 Å². The van der Waals surface area contributed by atoms with Gasteiger partial charge in [0.05, 0.1) is 13.2 Å². The quantitative estimate of drug-likeness (QED) is 0.527. The smallest absolute Gasteiger partial charge is 0.227 e. The molecule has 1 N–H and O–H groups in total. The molecule has 5 nitrogen and oxygen atoms in total. The van der Waals surface area contributed by atoms with Crippen LogP contribution in [0, 0.1) is 5.92 Å². The van der Waals surface area contributed by atoms with Crippen LogP contribution in [0.5, 0.6) is 5.75 Å². The summed E-state index contributed by atoms with van der Waals surface area (Å²) in [5.41, 5.74) is 2.59. The molecule has 0 amide bonds. The first-order valence-electron chi connectivity index (χ1n) is 10.4. The molecular formula is C23H26N2O3S. The van der Waals surface area contributed by atoms with Crippen molar-refractivity contribution >= 4 is 11.9 Å². The van der Waals surface area contributed by atoms with Crippen molar-refractivity contribution in [2.45, 2.75) is 50.2 Å². The van der Waals surface area contributed by atoms with Crippen LogP contribution in [-0.2, 0) is 19.6 Å². The van der Waals surface area contributed by atoms with Crippen molar-refractivity contribution in [1.82, 2.24) is 9.62 Å². The Bertz CT molecular complexity index is 928. The van der Waals surface area contributed by atoms with Crippen molar-refractivity contribution in [3.8, 4) is 5.75 Å². The van der Waals surface area contributed by atoms with Gasteiger partial charge in [-0.05, 0) is 30.4 Å². The van der Waals surface area contributed by atoms with E-state index in [1.165, 1.54) is 30.2 Å². The number of nitrogens with zero attached hydrogens (tertiary/aromatic N) is 1. The average molecular weight is 411 g/mol. The maximum atomic E-state index is 12.4. The lowest BCUT2D eigenvalue weighted by atomic mass is 10.1. The van der Waals surface area contributed by atoms with Gasteiger partial charge in [-0.25, -0.2) is 0 Å². The van der Waals surface area contributed by atoms with Gasteiger partial charge in [0.25, 0.3) is 0 Å². The molecule has 0 saturated heterocycles. The maximum absolute atomic E-state index is 12.4. The molecule has 1 fully saturated rings. The van der Waals surface area contributed by atoms with Crippen LogP contribution >= 0.6 is 11.9 Å². The minimum Gasteiger partial charge on any atom is -0.486 e. The molecule has 0 radical (unpaired) electrons. The van der Waals surface area contributed by atoms with Crippen LogP contribution in [0.25, 0.3) is 0 Å². The van der Waals surface area contributed by atoms with Gasteiger partial charge in [0.2, 0.25) is 11.2 Å². The Labute approximate surface area is 175 Å². The van der Waals surface area contributed by atoms with Crippen LogP contribution in [0.3, 0.4) is 0 Å². The highest BCUT2D eigenvalue weighted by molar-refractivity contribution is 7.98. The van der Waals surface area contributed by atoms with Gasteiger partial charge >= 0.3 is 0 Å². The molecule has 0 bridgehead atoms. The second-order valence-electron chi connectivity index (χ2n) is 8.22. The van der Waals surface area contributed by atoms with Crippen molar-refractivity contribution in [2.24, 2.45) is 5.92 Å². The fourth-order valence-corrected chi connectivity index (χ4v) is 4.83. The molecule has 1 aromatic heterocycles. The van der Waals surface area contributed by atoms with Gasteiger partial charge in [-0.15, -0.1) is 0 Å².